The summed E-state index contributed by atoms with van der Waals surface area (Å²) in [5, 5.41) is 9.79. The second kappa shape index (κ2) is 7.71. The zero-order valence-electron chi connectivity index (χ0n) is 13.2. The summed E-state index contributed by atoms with van der Waals surface area (Å²) in [7, 11) is 1.65. The van der Waals surface area contributed by atoms with Gasteiger partial charge in [0, 0.05) is 0 Å². The van der Waals surface area contributed by atoms with Crippen molar-refractivity contribution in [3.63, 3.8) is 0 Å². The summed E-state index contributed by atoms with van der Waals surface area (Å²) in [6.45, 7) is 3.78. The third kappa shape index (κ3) is 4.40. The molecule has 0 saturated carbocycles. The summed E-state index contributed by atoms with van der Waals surface area (Å²) in [5.74, 6) is 1.61. The predicted octanol–water partition coefficient (Wildman–Crippen LogP) is 3.08. The van der Waals surface area contributed by atoms with Gasteiger partial charge in [-0.3, -0.25) is 0 Å². The van der Waals surface area contributed by atoms with Gasteiger partial charge in [-0.1, -0.05) is 37.2 Å². The van der Waals surface area contributed by atoms with Crippen LogP contribution in [0, 0.1) is 0 Å². The van der Waals surface area contributed by atoms with Gasteiger partial charge in [0.1, 0.15) is 11.5 Å². The van der Waals surface area contributed by atoms with Crippen molar-refractivity contribution < 1.29 is 14.5 Å². The first kappa shape index (κ1) is 16.2. The molecule has 3 nitrogen and oxygen atoms in total. The van der Waals surface area contributed by atoms with Gasteiger partial charge in [-0.05, 0) is 47.8 Å². The molecule has 22 heavy (non-hydrogen) atoms. The summed E-state index contributed by atoms with van der Waals surface area (Å²) in [4.78, 5) is 0. The van der Waals surface area contributed by atoms with Crippen molar-refractivity contribution in [1.82, 2.24) is 0 Å². The molecule has 0 atom stereocenters. The highest BCUT2D eigenvalue weighted by Crippen LogP contribution is 2.17. The van der Waals surface area contributed by atoms with E-state index in [1.807, 2.05) is 61.5 Å². The Morgan fingerprint density at radius 3 is 2.27 bits per heavy atom. The summed E-state index contributed by atoms with van der Waals surface area (Å²) in [6, 6.07) is 13.7. The minimum Gasteiger partial charge on any atom is -0.497 e. The van der Waals surface area contributed by atoms with Crippen LogP contribution in [0.25, 0.3) is 12.2 Å². The maximum absolute atomic E-state index is 9.79. The molecule has 0 aliphatic rings. The molecule has 0 aromatic heterocycles. The SMILES string of the molecule is CCOc1cc(/C=C/c2ccc(OC)cc2)cc(B(C)O)c1. The van der Waals surface area contributed by atoms with Crippen LogP contribution in [-0.4, -0.2) is 25.7 Å². The predicted molar refractivity (Wildman–Crippen MR) is 93.0 cm³/mol. The molecule has 2 aromatic rings. The fourth-order valence-electron chi connectivity index (χ4n) is 2.14. The second-order valence-corrected chi connectivity index (χ2v) is 5.05. The van der Waals surface area contributed by atoms with Crippen LogP contribution in [0.3, 0.4) is 0 Å². The zero-order valence-corrected chi connectivity index (χ0v) is 13.2. The van der Waals surface area contributed by atoms with E-state index < -0.39 is 6.92 Å². The van der Waals surface area contributed by atoms with E-state index >= 15 is 0 Å². The van der Waals surface area contributed by atoms with Crippen LogP contribution in [0.1, 0.15) is 18.1 Å². The standard InChI is InChI=1S/C18H21BO3/c1-4-22-18-12-15(11-16(13-18)19(2)20)6-5-14-7-9-17(21-3)10-8-14/h5-13,20H,4H2,1-3H3/b6-5+. The van der Waals surface area contributed by atoms with Crippen LogP contribution < -0.4 is 14.9 Å². The molecule has 2 rings (SSSR count). The number of ether oxygens (including phenoxy) is 2. The Kier molecular flexibility index (Phi) is 5.67. The lowest BCUT2D eigenvalue weighted by Crippen LogP contribution is -2.26. The second-order valence-electron chi connectivity index (χ2n) is 5.05. The molecule has 0 radical (unpaired) electrons. The van der Waals surface area contributed by atoms with E-state index in [0.29, 0.717) is 6.61 Å². The molecule has 0 heterocycles. The molecule has 0 spiro atoms. The van der Waals surface area contributed by atoms with Crippen LogP contribution in [0.2, 0.25) is 6.82 Å². The molecular weight excluding hydrogens is 275 g/mol. The molecule has 114 valence electrons. The number of hydrogen-bond acceptors (Lipinski definition) is 3. The summed E-state index contributed by atoms with van der Waals surface area (Å²) in [6.07, 6.45) is 4.03. The van der Waals surface area contributed by atoms with Crippen molar-refractivity contribution >= 4 is 24.5 Å². The van der Waals surface area contributed by atoms with Gasteiger partial charge < -0.3 is 14.5 Å². The van der Waals surface area contributed by atoms with Crippen molar-refractivity contribution in [3.8, 4) is 11.5 Å². The number of rotatable bonds is 6. The fourth-order valence-corrected chi connectivity index (χ4v) is 2.14. The molecule has 0 amide bonds. The van der Waals surface area contributed by atoms with E-state index in [0.717, 1.165) is 28.1 Å². The molecule has 0 aliphatic carbocycles. The molecule has 2 aromatic carbocycles. The van der Waals surface area contributed by atoms with Gasteiger partial charge in [0.05, 0.1) is 13.7 Å². The first-order valence-corrected chi connectivity index (χ1v) is 7.40. The highest BCUT2D eigenvalue weighted by molar-refractivity contribution is 6.64. The Labute approximate surface area is 132 Å². The highest BCUT2D eigenvalue weighted by atomic mass is 16.5. The third-order valence-electron chi connectivity index (χ3n) is 3.33. The number of methoxy groups -OCH3 is 1. The Hall–Kier alpha value is -2.20. The first-order chi connectivity index (χ1) is 10.6. The van der Waals surface area contributed by atoms with E-state index in [1.165, 1.54) is 0 Å². The van der Waals surface area contributed by atoms with E-state index in [1.54, 1.807) is 13.9 Å². The van der Waals surface area contributed by atoms with Crippen molar-refractivity contribution in [1.29, 1.82) is 0 Å². The van der Waals surface area contributed by atoms with Gasteiger partial charge in [0.25, 0.3) is 0 Å². The van der Waals surface area contributed by atoms with E-state index in [9.17, 15) is 5.02 Å². The minimum atomic E-state index is -0.520. The van der Waals surface area contributed by atoms with Crippen molar-refractivity contribution in [2.45, 2.75) is 13.7 Å². The number of hydrogen-bond donors (Lipinski definition) is 1. The van der Waals surface area contributed by atoms with Gasteiger partial charge >= 0.3 is 6.92 Å². The van der Waals surface area contributed by atoms with Gasteiger partial charge in [0.15, 0.2) is 0 Å². The van der Waals surface area contributed by atoms with Gasteiger partial charge in [-0.25, -0.2) is 0 Å². The fraction of sp³-hybridized carbons (Fsp3) is 0.222. The van der Waals surface area contributed by atoms with Gasteiger partial charge in [-0.15, -0.1) is 0 Å². The Balaban J connectivity index is 2.24. The maximum atomic E-state index is 9.79. The Morgan fingerprint density at radius 2 is 1.68 bits per heavy atom. The van der Waals surface area contributed by atoms with Crippen LogP contribution in [0.15, 0.2) is 42.5 Å². The lowest BCUT2D eigenvalue weighted by Gasteiger charge is -2.09. The lowest BCUT2D eigenvalue weighted by atomic mass is 9.64. The van der Waals surface area contributed by atoms with E-state index in [2.05, 4.69) is 0 Å². The molecule has 4 heteroatoms. The van der Waals surface area contributed by atoms with Crippen LogP contribution in [-0.2, 0) is 0 Å². The molecule has 0 aliphatic heterocycles. The molecule has 0 fully saturated rings. The maximum Gasteiger partial charge on any atom is 0.320 e. The first-order valence-electron chi connectivity index (χ1n) is 7.40. The molecule has 0 saturated heterocycles. The summed E-state index contributed by atoms with van der Waals surface area (Å²) < 4.78 is 10.7. The Bertz CT molecular complexity index is 633. The Morgan fingerprint density at radius 1 is 1.00 bits per heavy atom. The van der Waals surface area contributed by atoms with Crippen LogP contribution >= 0.6 is 0 Å². The third-order valence-corrected chi connectivity index (χ3v) is 3.33. The average Bonchev–Trinajstić information content (AvgIpc) is 2.53. The molecule has 1 N–H and O–H groups in total. The normalized spacial score (nSPS) is 10.7. The van der Waals surface area contributed by atoms with Gasteiger partial charge in [-0.2, -0.15) is 0 Å². The highest BCUT2D eigenvalue weighted by Gasteiger charge is 2.09. The largest absolute Gasteiger partial charge is 0.497 e. The van der Waals surface area contributed by atoms with Crippen molar-refractivity contribution in [2.75, 3.05) is 13.7 Å². The smallest absolute Gasteiger partial charge is 0.320 e. The van der Waals surface area contributed by atoms with Gasteiger partial charge in [0.2, 0.25) is 0 Å². The van der Waals surface area contributed by atoms with Crippen LogP contribution in [0.5, 0.6) is 11.5 Å². The molecule has 0 unspecified atom stereocenters. The van der Waals surface area contributed by atoms with Crippen molar-refractivity contribution in [2.24, 2.45) is 0 Å². The lowest BCUT2D eigenvalue weighted by molar-refractivity contribution is 0.340. The summed E-state index contributed by atoms with van der Waals surface area (Å²) >= 11 is 0. The van der Waals surface area contributed by atoms with Crippen LogP contribution in [0.4, 0.5) is 0 Å². The topological polar surface area (TPSA) is 38.7 Å². The summed E-state index contributed by atoms with van der Waals surface area (Å²) in [5.41, 5.74) is 2.93. The van der Waals surface area contributed by atoms with E-state index in [-0.39, 0.29) is 0 Å². The van der Waals surface area contributed by atoms with E-state index in [4.69, 9.17) is 9.47 Å². The molecule has 0 bridgehead atoms. The number of benzene rings is 2. The quantitative estimate of drug-likeness (QED) is 0.657. The van der Waals surface area contributed by atoms with Crippen molar-refractivity contribution in [3.05, 3.63) is 53.6 Å². The monoisotopic (exact) mass is 296 g/mol. The molecular formula is C18H21BO3. The zero-order chi connectivity index (χ0) is 15.9. The minimum absolute atomic E-state index is 0.520. The average molecular weight is 296 g/mol.